The standard InChI is InChI=1S/C14H15N3O/c1-9-13(10(2)16-11(3)15-9)14(18)17-12-7-5-4-6-8-12/h4-8H,1-3H3,(H,17,18). The Morgan fingerprint density at radius 2 is 1.56 bits per heavy atom. The molecular weight excluding hydrogens is 226 g/mol. The molecule has 0 bridgehead atoms. The molecule has 4 heteroatoms. The number of aryl methyl sites for hydroxylation is 3. The van der Waals surface area contributed by atoms with Gasteiger partial charge in [0.15, 0.2) is 0 Å². The van der Waals surface area contributed by atoms with Gasteiger partial charge in [-0.05, 0) is 32.9 Å². The van der Waals surface area contributed by atoms with E-state index in [9.17, 15) is 4.79 Å². The van der Waals surface area contributed by atoms with Crippen LogP contribution in [0.2, 0.25) is 0 Å². The average Bonchev–Trinajstić information content (AvgIpc) is 2.28. The maximum absolute atomic E-state index is 12.2. The van der Waals surface area contributed by atoms with Gasteiger partial charge in [-0.15, -0.1) is 0 Å². The second-order valence-corrected chi connectivity index (χ2v) is 4.14. The molecule has 0 fully saturated rings. The van der Waals surface area contributed by atoms with Gasteiger partial charge in [-0.2, -0.15) is 0 Å². The van der Waals surface area contributed by atoms with Crippen molar-refractivity contribution >= 4 is 11.6 Å². The van der Waals surface area contributed by atoms with Crippen molar-refractivity contribution < 1.29 is 4.79 Å². The molecule has 0 aliphatic heterocycles. The van der Waals surface area contributed by atoms with Crippen LogP contribution in [0.5, 0.6) is 0 Å². The van der Waals surface area contributed by atoms with Crippen LogP contribution in [0.4, 0.5) is 5.69 Å². The number of rotatable bonds is 2. The zero-order chi connectivity index (χ0) is 13.1. The molecule has 0 aliphatic carbocycles. The highest BCUT2D eigenvalue weighted by Crippen LogP contribution is 2.13. The first kappa shape index (κ1) is 12.2. The molecular formula is C14H15N3O. The number of para-hydroxylation sites is 1. The van der Waals surface area contributed by atoms with Gasteiger partial charge in [-0.25, -0.2) is 9.97 Å². The second-order valence-electron chi connectivity index (χ2n) is 4.14. The van der Waals surface area contributed by atoms with Crippen LogP contribution in [0.1, 0.15) is 27.6 Å². The van der Waals surface area contributed by atoms with Gasteiger partial charge < -0.3 is 5.32 Å². The number of aromatic nitrogens is 2. The molecule has 0 aliphatic rings. The number of amides is 1. The highest BCUT2D eigenvalue weighted by Gasteiger charge is 2.15. The molecule has 92 valence electrons. The van der Waals surface area contributed by atoms with Crippen LogP contribution in [0, 0.1) is 20.8 Å². The van der Waals surface area contributed by atoms with Crippen LogP contribution in [-0.2, 0) is 0 Å². The van der Waals surface area contributed by atoms with Gasteiger partial charge >= 0.3 is 0 Å². The van der Waals surface area contributed by atoms with Gasteiger partial charge in [0.05, 0.1) is 17.0 Å². The molecule has 0 unspecified atom stereocenters. The molecule has 1 N–H and O–H groups in total. The predicted octanol–water partition coefficient (Wildman–Crippen LogP) is 2.65. The Balaban J connectivity index is 2.30. The summed E-state index contributed by atoms with van der Waals surface area (Å²) in [5.41, 5.74) is 2.72. The molecule has 0 atom stereocenters. The summed E-state index contributed by atoms with van der Waals surface area (Å²) in [7, 11) is 0. The number of carbonyl (C=O) groups is 1. The Hall–Kier alpha value is -2.23. The first-order chi connectivity index (χ1) is 8.58. The first-order valence-electron chi connectivity index (χ1n) is 5.76. The predicted molar refractivity (Wildman–Crippen MR) is 70.6 cm³/mol. The molecule has 1 aromatic heterocycles. The summed E-state index contributed by atoms with van der Waals surface area (Å²) >= 11 is 0. The SMILES string of the molecule is Cc1nc(C)c(C(=O)Nc2ccccc2)c(C)n1. The fourth-order valence-electron chi connectivity index (χ4n) is 1.93. The molecule has 0 saturated carbocycles. The number of nitrogens with zero attached hydrogens (tertiary/aromatic N) is 2. The van der Waals surface area contributed by atoms with Crippen molar-refractivity contribution in [3.05, 3.63) is 53.1 Å². The topological polar surface area (TPSA) is 54.9 Å². The van der Waals surface area contributed by atoms with Crippen molar-refractivity contribution in [2.24, 2.45) is 0 Å². The largest absolute Gasteiger partial charge is 0.322 e. The van der Waals surface area contributed by atoms with E-state index < -0.39 is 0 Å². The minimum absolute atomic E-state index is 0.170. The van der Waals surface area contributed by atoms with Crippen molar-refractivity contribution in [1.29, 1.82) is 0 Å². The number of anilines is 1. The average molecular weight is 241 g/mol. The first-order valence-corrected chi connectivity index (χ1v) is 5.76. The Bertz CT molecular complexity index is 556. The van der Waals surface area contributed by atoms with Gasteiger partial charge in [0.2, 0.25) is 0 Å². The molecule has 1 amide bonds. The lowest BCUT2D eigenvalue weighted by Crippen LogP contribution is -2.17. The van der Waals surface area contributed by atoms with E-state index in [-0.39, 0.29) is 5.91 Å². The van der Waals surface area contributed by atoms with Crippen LogP contribution in [0.25, 0.3) is 0 Å². The van der Waals surface area contributed by atoms with Crippen LogP contribution >= 0.6 is 0 Å². The number of carbonyl (C=O) groups excluding carboxylic acids is 1. The van der Waals surface area contributed by atoms with E-state index in [4.69, 9.17) is 0 Å². The van der Waals surface area contributed by atoms with Crippen LogP contribution in [-0.4, -0.2) is 15.9 Å². The molecule has 0 spiro atoms. The number of nitrogens with one attached hydrogen (secondary N) is 1. The zero-order valence-corrected chi connectivity index (χ0v) is 10.7. The maximum Gasteiger partial charge on any atom is 0.259 e. The molecule has 0 radical (unpaired) electrons. The van der Waals surface area contributed by atoms with Crippen molar-refractivity contribution in [2.45, 2.75) is 20.8 Å². The molecule has 1 aromatic carbocycles. The lowest BCUT2D eigenvalue weighted by Gasteiger charge is -2.10. The smallest absolute Gasteiger partial charge is 0.259 e. The normalized spacial score (nSPS) is 10.2. The molecule has 18 heavy (non-hydrogen) atoms. The van der Waals surface area contributed by atoms with Gasteiger partial charge in [0, 0.05) is 5.69 Å². The van der Waals surface area contributed by atoms with E-state index >= 15 is 0 Å². The Kier molecular flexibility index (Phi) is 3.37. The van der Waals surface area contributed by atoms with E-state index in [2.05, 4.69) is 15.3 Å². The third-order valence-corrected chi connectivity index (χ3v) is 2.64. The van der Waals surface area contributed by atoms with Crippen molar-refractivity contribution in [3.8, 4) is 0 Å². The Labute approximate surface area is 106 Å². The monoisotopic (exact) mass is 241 g/mol. The lowest BCUT2D eigenvalue weighted by atomic mass is 10.1. The van der Waals surface area contributed by atoms with Gasteiger partial charge in [-0.3, -0.25) is 4.79 Å². The maximum atomic E-state index is 12.2. The van der Waals surface area contributed by atoms with E-state index in [1.54, 1.807) is 0 Å². The highest BCUT2D eigenvalue weighted by atomic mass is 16.1. The van der Waals surface area contributed by atoms with Crippen LogP contribution in [0.15, 0.2) is 30.3 Å². The fraction of sp³-hybridized carbons (Fsp3) is 0.214. The van der Waals surface area contributed by atoms with E-state index in [0.717, 1.165) is 5.69 Å². The minimum Gasteiger partial charge on any atom is -0.322 e. The summed E-state index contributed by atoms with van der Waals surface area (Å²) in [4.78, 5) is 20.6. The molecule has 4 nitrogen and oxygen atoms in total. The minimum atomic E-state index is -0.170. The van der Waals surface area contributed by atoms with Crippen LogP contribution < -0.4 is 5.32 Å². The summed E-state index contributed by atoms with van der Waals surface area (Å²) in [6, 6.07) is 9.35. The fourth-order valence-corrected chi connectivity index (χ4v) is 1.93. The second kappa shape index (κ2) is 4.96. The van der Waals surface area contributed by atoms with Gasteiger partial charge in [0.1, 0.15) is 5.82 Å². The molecule has 0 saturated heterocycles. The Morgan fingerprint density at radius 1 is 1.00 bits per heavy atom. The van der Waals surface area contributed by atoms with Gasteiger partial charge in [0.25, 0.3) is 5.91 Å². The Morgan fingerprint density at radius 3 is 2.11 bits per heavy atom. The number of hydrogen-bond acceptors (Lipinski definition) is 3. The summed E-state index contributed by atoms with van der Waals surface area (Å²) in [5.74, 6) is 0.512. The zero-order valence-electron chi connectivity index (χ0n) is 10.7. The number of benzene rings is 1. The highest BCUT2D eigenvalue weighted by molar-refractivity contribution is 6.05. The van der Waals surface area contributed by atoms with Crippen molar-refractivity contribution in [2.75, 3.05) is 5.32 Å². The van der Waals surface area contributed by atoms with Crippen molar-refractivity contribution in [3.63, 3.8) is 0 Å². The molecule has 2 aromatic rings. The number of hydrogen-bond donors (Lipinski definition) is 1. The quantitative estimate of drug-likeness (QED) is 0.879. The van der Waals surface area contributed by atoms with Gasteiger partial charge in [-0.1, -0.05) is 18.2 Å². The molecule has 2 rings (SSSR count). The molecule has 1 heterocycles. The van der Waals surface area contributed by atoms with E-state index in [1.807, 2.05) is 51.1 Å². The summed E-state index contributed by atoms with van der Waals surface area (Å²) in [6.07, 6.45) is 0. The third kappa shape index (κ3) is 2.53. The third-order valence-electron chi connectivity index (χ3n) is 2.64. The summed E-state index contributed by atoms with van der Waals surface area (Å²) in [6.45, 7) is 5.46. The van der Waals surface area contributed by atoms with E-state index in [1.165, 1.54) is 0 Å². The summed E-state index contributed by atoms with van der Waals surface area (Å²) < 4.78 is 0. The summed E-state index contributed by atoms with van der Waals surface area (Å²) in [5, 5.41) is 2.84. The van der Waals surface area contributed by atoms with Crippen LogP contribution in [0.3, 0.4) is 0 Å². The lowest BCUT2D eigenvalue weighted by molar-refractivity contribution is 0.102. The van der Waals surface area contributed by atoms with Crippen molar-refractivity contribution in [1.82, 2.24) is 9.97 Å². The van der Waals surface area contributed by atoms with E-state index in [0.29, 0.717) is 22.8 Å².